The molecular weight excluding hydrogens is 242 g/mol. The van der Waals surface area contributed by atoms with Crippen molar-refractivity contribution in [2.24, 2.45) is 0 Å². The molecule has 2 aliphatic rings. The average Bonchev–Trinajstić information content (AvgIpc) is 2.86. The predicted molar refractivity (Wildman–Crippen MR) is 80.0 cm³/mol. The van der Waals surface area contributed by atoms with Crippen molar-refractivity contribution in [3.8, 4) is 0 Å². The summed E-state index contributed by atoms with van der Waals surface area (Å²) >= 11 is 0. The zero-order chi connectivity index (χ0) is 12.7. The molecule has 5 heteroatoms. The lowest BCUT2D eigenvalue weighted by molar-refractivity contribution is -0.120. The third-order valence-electron chi connectivity index (χ3n) is 2.94. The summed E-state index contributed by atoms with van der Waals surface area (Å²) in [5.74, 6) is 0.399. The van der Waals surface area contributed by atoms with Crippen LogP contribution in [0.2, 0.25) is 0 Å². The summed E-state index contributed by atoms with van der Waals surface area (Å²) in [4.78, 5) is 21.0. The number of carbonyl (C=O) groups is 2. The van der Waals surface area contributed by atoms with Gasteiger partial charge >= 0.3 is 0 Å². The van der Waals surface area contributed by atoms with Crippen molar-refractivity contribution >= 4 is 11.8 Å². The first-order valence-electron chi connectivity index (χ1n) is 6.41. The van der Waals surface area contributed by atoms with Gasteiger partial charge in [0.1, 0.15) is 0 Å². The molecule has 0 aromatic rings. The van der Waals surface area contributed by atoms with E-state index in [2.05, 4.69) is 22.9 Å². The largest absolute Gasteiger partial charge is 0.354 e. The molecule has 5 nitrogen and oxygen atoms in total. The summed E-state index contributed by atoms with van der Waals surface area (Å²) in [5, 5.41) is 8.86. The van der Waals surface area contributed by atoms with Crippen LogP contribution in [0, 0.1) is 0 Å². The van der Waals surface area contributed by atoms with Gasteiger partial charge in [0, 0.05) is 31.5 Å². The Morgan fingerprint density at radius 1 is 1.11 bits per heavy atom. The fraction of sp³-hybridized carbons (Fsp3) is 0.857. The maximum absolute atomic E-state index is 10.7. The number of hydrogen-bond acceptors (Lipinski definition) is 3. The van der Waals surface area contributed by atoms with Gasteiger partial charge in [-0.25, -0.2) is 0 Å². The van der Waals surface area contributed by atoms with Crippen LogP contribution in [0.1, 0.15) is 54.4 Å². The smallest absolute Gasteiger partial charge is 0.220 e. The highest BCUT2D eigenvalue weighted by atomic mass is 16.2. The Kier molecular flexibility index (Phi) is 11.5. The number of carbonyl (C=O) groups excluding carboxylic acids is 2. The van der Waals surface area contributed by atoms with Gasteiger partial charge in [-0.2, -0.15) is 0 Å². The van der Waals surface area contributed by atoms with Crippen LogP contribution in [-0.4, -0.2) is 37.0 Å². The molecule has 0 aromatic heterocycles. The SMILES string of the molecule is C.C.CCNCC1CCC(=O)N1.C[C@H]1CCC(=O)N1. The van der Waals surface area contributed by atoms with Crippen LogP contribution < -0.4 is 16.0 Å². The van der Waals surface area contributed by atoms with Gasteiger partial charge in [-0.1, -0.05) is 21.8 Å². The minimum atomic E-state index is 0. The van der Waals surface area contributed by atoms with E-state index in [0.717, 1.165) is 32.4 Å². The third-order valence-corrected chi connectivity index (χ3v) is 2.94. The maximum Gasteiger partial charge on any atom is 0.220 e. The molecule has 0 bridgehead atoms. The second kappa shape index (κ2) is 10.8. The van der Waals surface area contributed by atoms with E-state index in [9.17, 15) is 9.59 Å². The minimum absolute atomic E-state index is 0. The fourth-order valence-corrected chi connectivity index (χ4v) is 1.92. The second-order valence-electron chi connectivity index (χ2n) is 4.62. The molecule has 2 heterocycles. The molecule has 0 saturated carbocycles. The molecule has 0 radical (unpaired) electrons. The van der Waals surface area contributed by atoms with Crippen LogP contribution in [0.25, 0.3) is 0 Å². The van der Waals surface area contributed by atoms with Gasteiger partial charge in [-0.05, 0) is 26.3 Å². The van der Waals surface area contributed by atoms with E-state index in [0.29, 0.717) is 18.5 Å². The third kappa shape index (κ3) is 8.59. The highest BCUT2D eigenvalue weighted by Crippen LogP contribution is 2.04. The summed E-state index contributed by atoms with van der Waals surface area (Å²) in [6.45, 7) is 5.98. The molecule has 2 saturated heterocycles. The number of amides is 2. The molecule has 2 amide bonds. The zero-order valence-electron chi connectivity index (χ0n) is 10.7. The minimum Gasteiger partial charge on any atom is -0.354 e. The van der Waals surface area contributed by atoms with Crippen LogP contribution in [0.3, 0.4) is 0 Å². The van der Waals surface area contributed by atoms with Crippen molar-refractivity contribution in [3.63, 3.8) is 0 Å². The molecular formula is C14H31N3O2. The van der Waals surface area contributed by atoms with Gasteiger partial charge in [0.25, 0.3) is 0 Å². The van der Waals surface area contributed by atoms with Crippen molar-refractivity contribution in [3.05, 3.63) is 0 Å². The summed E-state index contributed by atoms with van der Waals surface area (Å²) in [6, 6.07) is 0.806. The Hall–Kier alpha value is -1.10. The van der Waals surface area contributed by atoms with Crippen molar-refractivity contribution in [2.45, 2.75) is 66.5 Å². The Morgan fingerprint density at radius 2 is 1.68 bits per heavy atom. The normalized spacial score (nSPS) is 24.3. The first-order valence-corrected chi connectivity index (χ1v) is 6.41. The van der Waals surface area contributed by atoms with E-state index in [-0.39, 0.29) is 26.7 Å². The highest BCUT2D eigenvalue weighted by molar-refractivity contribution is 5.78. The van der Waals surface area contributed by atoms with Crippen molar-refractivity contribution < 1.29 is 9.59 Å². The molecule has 2 aliphatic heterocycles. The Bertz CT molecular complexity index is 269. The highest BCUT2D eigenvalue weighted by Gasteiger charge is 2.19. The standard InChI is InChI=1S/C7H14N2O.C5H9NO.2CH4/c1-2-8-5-6-3-4-7(10)9-6;1-4-2-3-5(7)6-4;;/h6,8H,2-5H2,1H3,(H,9,10);4H,2-3H2,1H3,(H,6,7);2*1H4/t;4-;;/m.0../s1. The first kappa shape index (κ1) is 20.2. The van der Waals surface area contributed by atoms with Gasteiger partial charge < -0.3 is 16.0 Å². The van der Waals surface area contributed by atoms with Crippen LogP contribution in [-0.2, 0) is 9.59 Å². The number of rotatable bonds is 3. The molecule has 2 fully saturated rings. The van der Waals surface area contributed by atoms with Crippen molar-refractivity contribution in [2.75, 3.05) is 13.1 Å². The van der Waals surface area contributed by atoms with Crippen LogP contribution >= 0.6 is 0 Å². The zero-order valence-corrected chi connectivity index (χ0v) is 10.7. The topological polar surface area (TPSA) is 70.2 Å². The molecule has 2 rings (SSSR count). The van der Waals surface area contributed by atoms with Gasteiger partial charge in [-0.3, -0.25) is 9.59 Å². The lowest BCUT2D eigenvalue weighted by Gasteiger charge is -2.08. The van der Waals surface area contributed by atoms with Crippen LogP contribution in [0.15, 0.2) is 0 Å². The Balaban J connectivity index is 0. The van der Waals surface area contributed by atoms with Crippen LogP contribution in [0.5, 0.6) is 0 Å². The molecule has 0 aliphatic carbocycles. The lowest BCUT2D eigenvalue weighted by Crippen LogP contribution is -2.35. The van der Waals surface area contributed by atoms with Crippen molar-refractivity contribution in [1.29, 1.82) is 0 Å². The molecule has 2 atom stereocenters. The van der Waals surface area contributed by atoms with E-state index < -0.39 is 0 Å². The molecule has 114 valence electrons. The fourth-order valence-electron chi connectivity index (χ4n) is 1.92. The van der Waals surface area contributed by atoms with Crippen LogP contribution in [0.4, 0.5) is 0 Å². The number of nitrogens with one attached hydrogen (secondary N) is 3. The average molecular weight is 273 g/mol. The summed E-state index contributed by atoms with van der Waals surface area (Å²) in [5.41, 5.74) is 0. The number of hydrogen-bond donors (Lipinski definition) is 3. The van der Waals surface area contributed by atoms with Gasteiger partial charge in [-0.15, -0.1) is 0 Å². The number of likely N-dealkylation sites (N-methyl/N-ethyl adjacent to an activating group) is 1. The molecule has 0 aromatic carbocycles. The van der Waals surface area contributed by atoms with E-state index in [1.807, 2.05) is 6.92 Å². The second-order valence-corrected chi connectivity index (χ2v) is 4.62. The summed E-state index contributed by atoms with van der Waals surface area (Å²) in [6.07, 6.45) is 3.43. The van der Waals surface area contributed by atoms with E-state index in [4.69, 9.17) is 0 Å². The van der Waals surface area contributed by atoms with E-state index >= 15 is 0 Å². The Labute approximate surface area is 117 Å². The molecule has 3 N–H and O–H groups in total. The summed E-state index contributed by atoms with van der Waals surface area (Å²) in [7, 11) is 0. The maximum atomic E-state index is 10.7. The van der Waals surface area contributed by atoms with E-state index in [1.54, 1.807) is 0 Å². The van der Waals surface area contributed by atoms with Crippen molar-refractivity contribution in [1.82, 2.24) is 16.0 Å². The quantitative estimate of drug-likeness (QED) is 0.728. The lowest BCUT2D eigenvalue weighted by atomic mass is 10.2. The first-order chi connectivity index (χ1) is 8.11. The summed E-state index contributed by atoms with van der Waals surface area (Å²) < 4.78 is 0. The van der Waals surface area contributed by atoms with E-state index in [1.165, 1.54) is 0 Å². The predicted octanol–water partition coefficient (Wildman–Crippen LogP) is 1.43. The molecule has 19 heavy (non-hydrogen) atoms. The monoisotopic (exact) mass is 273 g/mol. The molecule has 0 spiro atoms. The Morgan fingerprint density at radius 3 is 2.00 bits per heavy atom. The van der Waals surface area contributed by atoms with Gasteiger partial charge in [0.15, 0.2) is 0 Å². The molecule has 1 unspecified atom stereocenters. The van der Waals surface area contributed by atoms with Gasteiger partial charge in [0.2, 0.25) is 11.8 Å². The van der Waals surface area contributed by atoms with Gasteiger partial charge in [0.05, 0.1) is 0 Å².